The van der Waals surface area contributed by atoms with Crippen molar-refractivity contribution in [1.82, 2.24) is 25.1 Å². The summed E-state index contributed by atoms with van der Waals surface area (Å²) in [7, 11) is 0. The average molecular weight is 751 g/mol. The van der Waals surface area contributed by atoms with E-state index in [1.807, 2.05) is 82.4 Å². The van der Waals surface area contributed by atoms with E-state index in [9.17, 15) is 0 Å². The number of carbonyl (C=O) groups excluding carboxylic acids is 1. The van der Waals surface area contributed by atoms with Crippen molar-refractivity contribution in [2.45, 2.75) is 24.2 Å². The molecule has 1 fully saturated rings. The molecular formula is C43H37BrN5OP. The Labute approximate surface area is 306 Å². The molecule has 1 aliphatic heterocycles. The van der Waals surface area contributed by atoms with Crippen LogP contribution in [-0.4, -0.2) is 43.2 Å². The van der Waals surface area contributed by atoms with E-state index in [1.54, 1.807) is 0 Å². The normalized spacial score (nSPS) is 15.7. The molecule has 6 aromatic carbocycles. The van der Waals surface area contributed by atoms with Gasteiger partial charge in [0, 0.05) is 0 Å². The zero-order valence-corrected chi connectivity index (χ0v) is 30.5. The van der Waals surface area contributed by atoms with E-state index in [4.69, 9.17) is 5.21 Å². The Morgan fingerprint density at radius 3 is 1.35 bits per heavy atom. The molecule has 1 atom stereocenters. The van der Waals surface area contributed by atoms with Gasteiger partial charge in [0.1, 0.15) is 0 Å². The third-order valence-corrected chi connectivity index (χ3v) is 21.1. The molecule has 0 spiro atoms. The van der Waals surface area contributed by atoms with E-state index in [0.29, 0.717) is 18.8 Å². The van der Waals surface area contributed by atoms with Crippen LogP contribution < -0.4 is 15.9 Å². The van der Waals surface area contributed by atoms with Crippen LogP contribution in [0.1, 0.15) is 28.9 Å². The quantitative estimate of drug-likeness (QED) is 0.108. The van der Waals surface area contributed by atoms with Gasteiger partial charge in [0.25, 0.3) is 0 Å². The van der Waals surface area contributed by atoms with Gasteiger partial charge in [-0.15, -0.1) is 0 Å². The van der Waals surface area contributed by atoms with Crippen LogP contribution in [0.2, 0.25) is 0 Å². The zero-order chi connectivity index (χ0) is 34.8. The Bertz CT molecular complexity index is 2040. The number of hydrogen-bond donors (Lipinski definition) is 0. The predicted octanol–water partition coefficient (Wildman–Crippen LogP) is 7.45. The molecule has 0 aliphatic carbocycles. The van der Waals surface area contributed by atoms with Crippen LogP contribution in [-0.2, 0) is 16.9 Å². The summed E-state index contributed by atoms with van der Waals surface area (Å²) in [6.07, 6.45) is 0.670. The molecule has 2 heterocycles. The van der Waals surface area contributed by atoms with Gasteiger partial charge >= 0.3 is 308 Å². The molecule has 0 bridgehead atoms. The summed E-state index contributed by atoms with van der Waals surface area (Å²) in [6, 6.07) is 62.7. The number of likely N-dealkylation sites (tertiary alicyclic amines) is 1. The van der Waals surface area contributed by atoms with Gasteiger partial charge in [-0.1, -0.05) is 0 Å². The number of amides is 1. The van der Waals surface area contributed by atoms with Crippen LogP contribution in [0.4, 0.5) is 0 Å². The molecule has 0 N–H and O–H groups in total. The second kappa shape index (κ2) is 13.5. The number of carbonyl (C=O) groups is 1. The predicted molar refractivity (Wildman–Crippen MR) is 210 cm³/mol. The summed E-state index contributed by atoms with van der Waals surface area (Å²) < 4.78 is 1.92. The maximum atomic E-state index is 15.2. The molecule has 0 radical (unpaired) electrons. The van der Waals surface area contributed by atoms with Gasteiger partial charge in [0.15, 0.2) is 0 Å². The number of hydrogen-bond acceptors (Lipinski definition) is 4. The second-order valence-corrected chi connectivity index (χ2v) is 21.7. The fourth-order valence-electron chi connectivity index (χ4n) is 8.12. The first-order valence-electron chi connectivity index (χ1n) is 17.2. The van der Waals surface area contributed by atoms with Gasteiger partial charge in [-0.25, -0.2) is 0 Å². The minimum absolute atomic E-state index is 0.0837. The molecule has 1 saturated heterocycles. The molecule has 1 unspecified atom stereocenters. The van der Waals surface area contributed by atoms with Crippen LogP contribution in [0.25, 0.3) is 0 Å². The molecule has 7 aromatic rings. The zero-order valence-electron chi connectivity index (χ0n) is 28.0. The average Bonchev–Trinajstić information content (AvgIpc) is 3.84. The number of benzene rings is 6. The van der Waals surface area contributed by atoms with Gasteiger partial charge in [-0.2, -0.15) is 0 Å². The van der Waals surface area contributed by atoms with Crippen molar-refractivity contribution >= 4 is 42.6 Å². The summed E-state index contributed by atoms with van der Waals surface area (Å²) in [5.74, 6) is 0.690. The number of halogens is 1. The van der Waals surface area contributed by atoms with Crippen molar-refractivity contribution < 1.29 is 4.79 Å². The van der Waals surface area contributed by atoms with Crippen LogP contribution in [0, 0.1) is 0 Å². The fraction of sp³-hybridized carbons (Fsp3) is 0.116. The summed E-state index contributed by atoms with van der Waals surface area (Å²) in [6.45, 7) is 0.829. The molecule has 0 saturated carbocycles. The van der Waals surface area contributed by atoms with E-state index < -0.39 is 10.8 Å². The maximum absolute atomic E-state index is 15.2. The Balaban J connectivity index is 1.28. The van der Waals surface area contributed by atoms with Gasteiger partial charge in [-0.05, 0) is 0 Å². The Hall–Kier alpha value is -5.23. The van der Waals surface area contributed by atoms with Crippen molar-refractivity contribution in [2.75, 3.05) is 6.54 Å². The van der Waals surface area contributed by atoms with Crippen LogP contribution in [0.3, 0.4) is 0 Å². The molecule has 1 aliphatic rings. The summed E-state index contributed by atoms with van der Waals surface area (Å²) in [5, 5.41) is 13.5. The first kappa shape index (κ1) is 32.9. The van der Waals surface area contributed by atoms with Gasteiger partial charge < -0.3 is 0 Å². The van der Waals surface area contributed by atoms with Crippen molar-refractivity contribution in [1.29, 1.82) is 0 Å². The standard InChI is InChI=1S/C43H37BrN5OP/c44-51(37-25-13-4-14-26-37,38-27-15-5-16-28-38,39-29-17-6-18-30-39)40-31-32-48(42(40)50)33-41-45-46-47-49(41)43(34-19-7-1-8-20-34,35-21-9-2-10-22-35)36-23-11-3-12-24-36/h1-30,40H,31-33H2. The van der Waals surface area contributed by atoms with Crippen molar-refractivity contribution in [2.24, 2.45) is 0 Å². The molecular weight excluding hydrogens is 713 g/mol. The Morgan fingerprint density at radius 2 is 0.961 bits per heavy atom. The fourth-order valence-corrected chi connectivity index (χ4v) is 16.8. The Morgan fingerprint density at radius 1 is 0.588 bits per heavy atom. The molecule has 1 aromatic heterocycles. The molecule has 252 valence electrons. The number of aromatic nitrogens is 4. The summed E-state index contributed by atoms with van der Waals surface area (Å²) >= 11 is 4.57. The van der Waals surface area contributed by atoms with Crippen LogP contribution >= 0.6 is 20.8 Å². The molecule has 51 heavy (non-hydrogen) atoms. The number of tetrazole rings is 1. The first-order valence-corrected chi connectivity index (χ1v) is 21.5. The van der Waals surface area contributed by atoms with E-state index in [1.165, 1.54) is 0 Å². The number of rotatable bonds is 10. The van der Waals surface area contributed by atoms with Gasteiger partial charge in [-0.3, -0.25) is 0 Å². The van der Waals surface area contributed by atoms with Crippen molar-refractivity contribution in [3.63, 3.8) is 0 Å². The van der Waals surface area contributed by atoms with Crippen molar-refractivity contribution in [3.8, 4) is 0 Å². The molecule has 6 nitrogen and oxygen atoms in total. The van der Waals surface area contributed by atoms with Crippen molar-refractivity contribution in [3.05, 3.63) is 205 Å². The topological polar surface area (TPSA) is 63.9 Å². The number of nitrogens with zero attached hydrogens (tertiary/aromatic N) is 5. The van der Waals surface area contributed by atoms with Gasteiger partial charge in [0.2, 0.25) is 0 Å². The third kappa shape index (κ3) is 5.18. The molecule has 8 rings (SSSR count). The first-order chi connectivity index (χ1) is 25.1. The van der Waals surface area contributed by atoms with Crippen LogP contribution in [0.15, 0.2) is 182 Å². The second-order valence-electron chi connectivity index (χ2n) is 13.0. The van der Waals surface area contributed by atoms with E-state index >= 15 is 4.79 Å². The van der Waals surface area contributed by atoms with E-state index in [2.05, 4.69) is 135 Å². The Kier molecular flexibility index (Phi) is 8.71. The SMILES string of the molecule is O=C1C(P(Br)(c2ccccc2)(c2ccccc2)c2ccccc2)CCN1Cc1nnnn1C(c1ccccc1)(c1ccccc1)c1ccccc1. The minimum atomic E-state index is -3.58. The van der Waals surface area contributed by atoms with E-state index in [-0.39, 0.29) is 18.1 Å². The van der Waals surface area contributed by atoms with Gasteiger partial charge in [0.05, 0.1) is 0 Å². The van der Waals surface area contributed by atoms with Crippen LogP contribution in [0.5, 0.6) is 0 Å². The molecule has 8 heteroatoms. The monoisotopic (exact) mass is 749 g/mol. The van der Waals surface area contributed by atoms with E-state index in [0.717, 1.165) is 32.6 Å². The summed E-state index contributed by atoms with van der Waals surface area (Å²) in [4.78, 5) is 17.2. The summed E-state index contributed by atoms with van der Waals surface area (Å²) in [5.41, 5.74) is 1.81. The molecule has 1 amide bonds. The third-order valence-electron chi connectivity index (χ3n) is 10.4.